The van der Waals surface area contributed by atoms with Gasteiger partial charge in [-0.2, -0.15) is 13.2 Å². The minimum Gasteiger partial charge on any atom is -0.309 e. The number of rotatable bonds is 4. The van der Waals surface area contributed by atoms with Gasteiger partial charge in [-0.3, -0.25) is 9.79 Å². The Hall–Kier alpha value is -2.89. The van der Waals surface area contributed by atoms with E-state index in [1.54, 1.807) is 11.0 Å². The van der Waals surface area contributed by atoms with Gasteiger partial charge < -0.3 is 4.90 Å². The van der Waals surface area contributed by atoms with Gasteiger partial charge in [0.25, 0.3) is 5.91 Å². The third-order valence-electron chi connectivity index (χ3n) is 4.35. The Labute approximate surface area is 155 Å². The Morgan fingerprint density at radius 2 is 1.74 bits per heavy atom. The van der Waals surface area contributed by atoms with Crippen molar-refractivity contribution >= 4 is 17.7 Å². The summed E-state index contributed by atoms with van der Waals surface area (Å²) in [5, 5.41) is 0. The van der Waals surface area contributed by atoms with Crippen molar-refractivity contribution in [3.8, 4) is 0 Å². The zero-order chi connectivity index (χ0) is 19.7. The van der Waals surface area contributed by atoms with Crippen LogP contribution in [-0.4, -0.2) is 22.2 Å². The zero-order valence-electron chi connectivity index (χ0n) is 15.0. The molecule has 0 radical (unpaired) electrons. The van der Waals surface area contributed by atoms with Gasteiger partial charge in [0.15, 0.2) is 0 Å². The summed E-state index contributed by atoms with van der Waals surface area (Å²) >= 11 is 0. The van der Waals surface area contributed by atoms with Crippen LogP contribution < -0.4 is 0 Å². The van der Waals surface area contributed by atoms with Crippen LogP contribution in [0, 0.1) is 0 Å². The van der Waals surface area contributed by atoms with Gasteiger partial charge in [0, 0.05) is 6.54 Å². The molecule has 3 nitrogen and oxygen atoms in total. The average Bonchev–Trinajstić information content (AvgIpc) is 2.83. The number of amides is 1. The maximum atomic E-state index is 12.8. The fourth-order valence-corrected chi connectivity index (χ4v) is 2.92. The molecule has 2 aromatic rings. The summed E-state index contributed by atoms with van der Waals surface area (Å²) < 4.78 is 38.5. The first-order chi connectivity index (χ1) is 12.7. The number of alkyl halides is 3. The van der Waals surface area contributed by atoms with Crippen LogP contribution in [0.25, 0.3) is 6.08 Å². The van der Waals surface area contributed by atoms with E-state index in [2.05, 4.69) is 4.99 Å². The molecule has 0 atom stereocenters. The van der Waals surface area contributed by atoms with Gasteiger partial charge in [0.1, 0.15) is 11.4 Å². The molecular weight excluding hydrogens is 353 g/mol. The van der Waals surface area contributed by atoms with Crippen LogP contribution in [0.3, 0.4) is 0 Å². The summed E-state index contributed by atoms with van der Waals surface area (Å²) in [5.41, 5.74) is 0.126. The molecule has 1 heterocycles. The quantitative estimate of drug-likeness (QED) is 0.748. The molecule has 2 aromatic carbocycles. The van der Waals surface area contributed by atoms with Gasteiger partial charge in [0.2, 0.25) is 0 Å². The number of carbonyl (C=O) groups is 1. The smallest absolute Gasteiger partial charge is 0.309 e. The molecule has 6 heteroatoms. The van der Waals surface area contributed by atoms with Crippen LogP contribution in [0.4, 0.5) is 13.2 Å². The standard InChI is InChI=1S/C21H19F3N2O/c1-20(2)25-18(19(27)26(20)14-16-7-4-3-5-8-16)12-11-15-9-6-10-17(13-15)21(22,23)24/h3-13H,14H2,1-2H3/b12-11+. The highest BCUT2D eigenvalue weighted by atomic mass is 19.4. The summed E-state index contributed by atoms with van der Waals surface area (Å²) in [7, 11) is 0. The van der Waals surface area contributed by atoms with Crippen LogP contribution >= 0.6 is 0 Å². The van der Waals surface area contributed by atoms with Crippen molar-refractivity contribution in [2.24, 2.45) is 4.99 Å². The third-order valence-corrected chi connectivity index (χ3v) is 4.35. The van der Waals surface area contributed by atoms with Crippen molar-refractivity contribution in [2.75, 3.05) is 0 Å². The molecule has 3 rings (SSSR count). The second-order valence-electron chi connectivity index (χ2n) is 6.82. The lowest BCUT2D eigenvalue weighted by Gasteiger charge is -2.29. The molecule has 0 saturated carbocycles. The Morgan fingerprint density at radius 1 is 1.04 bits per heavy atom. The fraction of sp³-hybridized carbons (Fsp3) is 0.238. The van der Waals surface area contributed by atoms with Crippen LogP contribution in [0.2, 0.25) is 0 Å². The number of hydrogen-bond acceptors (Lipinski definition) is 2. The van der Waals surface area contributed by atoms with Gasteiger partial charge in [-0.05, 0) is 43.2 Å². The van der Waals surface area contributed by atoms with Gasteiger partial charge in [-0.15, -0.1) is 0 Å². The summed E-state index contributed by atoms with van der Waals surface area (Å²) in [6.45, 7) is 4.08. The van der Waals surface area contributed by atoms with E-state index in [4.69, 9.17) is 0 Å². The number of aliphatic imine (C=N–C) groups is 1. The molecule has 0 aromatic heterocycles. The van der Waals surface area contributed by atoms with Crippen LogP contribution in [0.15, 0.2) is 65.7 Å². The Kier molecular flexibility index (Phi) is 4.91. The van der Waals surface area contributed by atoms with Gasteiger partial charge in [-0.25, -0.2) is 0 Å². The SMILES string of the molecule is CC1(C)N=C(/C=C/c2cccc(C(F)(F)F)c2)C(=O)N1Cc1ccccc1. The second-order valence-corrected chi connectivity index (χ2v) is 6.82. The summed E-state index contributed by atoms with van der Waals surface area (Å²) in [6, 6.07) is 14.5. The first-order valence-corrected chi connectivity index (χ1v) is 8.48. The monoisotopic (exact) mass is 372 g/mol. The van der Waals surface area contributed by atoms with E-state index < -0.39 is 17.4 Å². The maximum absolute atomic E-state index is 12.8. The zero-order valence-corrected chi connectivity index (χ0v) is 15.0. The van der Waals surface area contributed by atoms with E-state index in [9.17, 15) is 18.0 Å². The predicted octanol–water partition coefficient (Wildman–Crippen LogP) is 4.94. The summed E-state index contributed by atoms with van der Waals surface area (Å²) in [6.07, 6.45) is -1.45. The van der Waals surface area contributed by atoms with Crippen LogP contribution in [-0.2, 0) is 17.5 Å². The molecule has 0 spiro atoms. The van der Waals surface area contributed by atoms with Gasteiger partial charge >= 0.3 is 6.18 Å². The first kappa shape index (κ1) is 18.9. The lowest BCUT2D eigenvalue weighted by Crippen LogP contribution is -2.41. The van der Waals surface area contributed by atoms with Crippen LogP contribution in [0.1, 0.15) is 30.5 Å². The van der Waals surface area contributed by atoms with E-state index in [0.717, 1.165) is 17.7 Å². The lowest BCUT2D eigenvalue weighted by molar-refractivity contribution is -0.137. The van der Waals surface area contributed by atoms with E-state index in [-0.39, 0.29) is 11.6 Å². The number of nitrogens with zero attached hydrogens (tertiary/aromatic N) is 2. The summed E-state index contributed by atoms with van der Waals surface area (Å²) in [5.74, 6) is -0.243. The van der Waals surface area contributed by atoms with E-state index in [1.807, 2.05) is 44.2 Å². The Balaban J connectivity index is 1.80. The molecule has 0 N–H and O–H groups in total. The highest BCUT2D eigenvalue weighted by molar-refractivity contribution is 6.45. The van der Waals surface area contributed by atoms with E-state index >= 15 is 0 Å². The Bertz CT molecular complexity index is 899. The summed E-state index contributed by atoms with van der Waals surface area (Å²) in [4.78, 5) is 18.8. The van der Waals surface area contributed by atoms with Crippen molar-refractivity contribution in [1.82, 2.24) is 4.90 Å². The Morgan fingerprint density at radius 3 is 2.41 bits per heavy atom. The number of halogens is 3. The molecule has 0 unspecified atom stereocenters. The van der Waals surface area contributed by atoms with Crippen molar-refractivity contribution < 1.29 is 18.0 Å². The number of benzene rings is 2. The molecule has 1 aliphatic rings. The highest BCUT2D eigenvalue weighted by Crippen LogP contribution is 2.30. The van der Waals surface area contributed by atoms with Crippen molar-refractivity contribution in [2.45, 2.75) is 32.2 Å². The van der Waals surface area contributed by atoms with Crippen molar-refractivity contribution in [1.29, 1.82) is 0 Å². The highest BCUT2D eigenvalue weighted by Gasteiger charge is 2.38. The molecule has 1 amide bonds. The third kappa shape index (κ3) is 4.27. The molecule has 0 aliphatic carbocycles. The number of carbonyl (C=O) groups excluding carboxylic acids is 1. The number of hydrogen-bond donors (Lipinski definition) is 0. The molecule has 140 valence electrons. The first-order valence-electron chi connectivity index (χ1n) is 8.48. The maximum Gasteiger partial charge on any atom is 0.416 e. The normalized spacial score (nSPS) is 16.9. The molecular formula is C21H19F3N2O. The minimum atomic E-state index is -4.40. The molecule has 0 saturated heterocycles. The lowest BCUT2D eigenvalue weighted by atomic mass is 10.1. The molecule has 0 bridgehead atoms. The predicted molar refractivity (Wildman–Crippen MR) is 99.0 cm³/mol. The largest absolute Gasteiger partial charge is 0.416 e. The molecule has 1 aliphatic heterocycles. The molecule has 27 heavy (non-hydrogen) atoms. The second kappa shape index (κ2) is 7.02. The topological polar surface area (TPSA) is 32.7 Å². The fourth-order valence-electron chi connectivity index (χ4n) is 2.92. The van der Waals surface area contributed by atoms with E-state index in [0.29, 0.717) is 12.1 Å². The average molecular weight is 372 g/mol. The van der Waals surface area contributed by atoms with Crippen molar-refractivity contribution in [3.05, 3.63) is 77.4 Å². The van der Waals surface area contributed by atoms with Gasteiger partial charge in [-0.1, -0.05) is 48.5 Å². The van der Waals surface area contributed by atoms with Crippen LogP contribution in [0.5, 0.6) is 0 Å². The molecule has 0 fully saturated rings. The van der Waals surface area contributed by atoms with E-state index in [1.165, 1.54) is 18.2 Å². The van der Waals surface area contributed by atoms with Crippen molar-refractivity contribution in [3.63, 3.8) is 0 Å². The minimum absolute atomic E-state index is 0.230. The van der Waals surface area contributed by atoms with Gasteiger partial charge in [0.05, 0.1) is 5.56 Å².